The van der Waals surface area contributed by atoms with E-state index in [9.17, 15) is 9.18 Å². The second-order valence-electron chi connectivity index (χ2n) is 7.07. The van der Waals surface area contributed by atoms with E-state index < -0.39 is 5.82 Å². The lowest BCUT2D eigenvalue weighted by Crippen LogP contribution is -2.26. The minimum atomic E-state index is -0.398. The molecule has 0 aliphatic heterocycles. The zero-order valence-corrected chi connectivity index (χ0v) is 15.5. The Kier molecular flexibility index (Phi) is 4.84. The van der Waals surface area contributed by atoms with Gasteiger partial charge in [-0.2, -0.15) is 0 Å². The Labute approximate surface area is 162 Å². The van der Waals surface area contributed by atoms with E-state index in [2.05, 4.69) is 16.4 Å². The average molecular weight is 377 g/mol. The Morgan fingerprint density at radius 1 is 1.43 bits per heavy atom. The molecule has 1 N–H and O–H groups in total. The smallest absolute Gasteiger partial charge is 0.277 e. The van der Waals surface area contributed by atoms with Crippen LogP contribution in [0.5, 0.6) is 0 Å². The van der Waals surface area contributed by atoms with E-state index in [0.717, 1.165) is 12.8 Å². The van der Waals surface area contributed by atoms with Gasteiger partial charge in [0.05, 0.1) is 12.2 Å². The third-order valence-corrected chi connectivity index (χ3v) is 5.05. The van der Waals surface area contributed by atoms with Crippen LogP contribution in [0.25, 0.3) is 11.0 Å². The molecule has 1 saturated carbocycles. The van der Waals surface area contributed by atoms with Gasteiger partial charge in [-0.15, -0.1) is 6.42 Å². The summed E-state index contributed by atoms with van der Waals surface area (Å²) in [6.45, 7) is 0.506. The van der Waals surface area contributed by atoms with Crippen molar-refractivity contribution in [3.63, 3.8) is 0 Å². The van der Waals surface area contributed by atoms with E-state index in [1.807, 2.05) is 17.7 Å². The molecule has 6 heteroatoms. The second-order valence-corrected chi connectivity index (χ2v) is 7.07. The summed E-state index contributed by atoms with van der Waals surface area (Å²) in [5, 5.41) is 0.702. The summed E-state index contributed by atoms with van der Waals surface area (Å²) in [5.41, 5.74) is 5.23. The fourth-order valence-corrected chi connectivity index (χ4v) is 3.29. The highest BCUT2D eigenvalue weighted by Crippen LogP contribution is 2.29. The van der Waals surface area contributed by atoms with Crippen LogP contribution in [0.4, 0.5) is 4.39 Å². The van der Waals surface area contributed by atoms with E-state index in [-0.39, 0.29) is 12.3 Å². The van der Waals surface area contributed by atoms with Gasteiger partial charge in [-0.1, -0.05) is 12.0 Å². The molecule has 0 unspecified atom stereocenters. The van der Waals surface area contributed by atoms with Gasteiger partial charge in [-0.25, -0.2) is 14.9 Å². The van der Waals surface area contributed by atoms with Gasteiger partial charge in [0.25, 0.3) is 5.91 Å². The molecule has 2 heterocycles. The Hall–Kier alpha value is -3.17. The summed E-state index contributed by atoms with van der Waals surface area (Å²) in [6.07, 6.45) is 9.50. The monoisotopic (exact) mass is 377 g/mol. The van der Waals surface area contributed by atoms with E-state index in [0.29, 0.717) is 45.9 Å². The van der Waals surface area contributed by atoms with Crippen LogP contribution in [0.1, 0.15) is 40.0 Å². The number of rotatable bonds is 6. The standard InChI is InChI=1S/C22H20FN3O2/c1-3-14-8-9-16(18(23)11-14)12-19-20(22(27)25-28-13-15-6-7-15)17-5-4-10-24-21(17)26(19)2/h1,4-5,8-11,15H,6-7,12-13H2,2H3,(H,25,27). The van der Waals surface area contributed by atoms with Crippen molar-refractivity contribution in [1.82, 2.24) is 15.0 Å². The van der Waals surface area contributed by atoms with Crippen molar-refractivity contribution in [1.29, 1.82) is 0 Å². The molecule has 1 aliphatic carbocycles. The molecule has 28 heavy (non-hydrogen) atoms. The van der Waals surface area contributed by atoms with Gasteiger partial charge in [-0.3, -0.25) is 9.63 Å². The first-order valence-corrected chi connectivity index (χ1v) is 9.18. The largest absolute Gasteiger partial charge is 0.332 e. The predicted octanol–water partition coefficient (Wildman–Crippen LogP) is 3.36. The van der Waals surface area contributed by atoms with Crippen LogP contribution in [-0.2, 0) is 18.3 Å². The van der Waals surface area contributed by atoms with Crippen LogP contribution in [-0.4, -0.2) is 22.1 Å². The SMILES string of the molecule is C#Cc1ccc(Cc2c(C(=O)NOCC3CC3)c3cccnc3n2C)c(F)c1. The van der Waals surface area contributed by atoms with Gasteiger partial charge >= 0.3 is 0 Å². The van der Waals surface area contributed by atoms with Gasteiger partial charge < -0.3 is 4.57 Å². The minimum absolute atomic E-state index is 0.231. The Morgan fingerprint density at radius 2 is 2.25 bits per heavy atom. The Morgan fingerprint density at radius 3 is 2.96 bits per heavy atom. The topological polar surface area (TPSA) is 56.1 Å². The highest BCUT2D eigenvalue weighted by atomic mass is 19.1. The molecule has 0 saturated heterocycles. The molecule has 0 radical (unpaired) electrons. The van der Waals surface area contributed by atoms with E-state index in [1.54, 1.807) is 24.4 Å². The lowest BCUT2D eigenvalue weighted by molar-refractivity contribution is 0.0271. The van der Waals surface area contributed by atoms with Gasteiger partial charge in [0, 0.05) is 36.3 Å². The second kappa shape index (κ2) is 7.45. The third-order valence-electron chi connectivity index (χ3n) is 5.05. The summed E-state index contributed by atoms with van der Waals surface area (Å²) in [4.78, 5) is 22.6. The molecule has 0 bridgehead atoms. The lowest BCUT2D eigenvalue weighted by atomic mass is 10.0. The normalized spacial score (nSPS) is 13.5. The number of pyridine rings is 1. The number of halogens is 1. The number of hydrogen-bond acceptors (Lipinski definition) is 3. The summed E-state index contributed by atoms with van der Waals surface area (Å²) in [5.74, 6) is 2.20. The molecule has 1 aliphatic rings. The van der Waals surface area contributed by atoms with E-state index in [1.165, 1.54) is 6.07 Å². The summed E-state index contributed by atoms with van der Waals surface area (Å²) < 4.78 is 16.3. The quantitative estimate of drug-likeness (QED) is 0.529. The number of aromatic nitrogens is 2. The number of aryl methyl sites for hydroxylation is 1. The average Bonchev–Trinajstić information content (AvgIpc) is 3.48. The number of amides is 1. The van der Waals surface area contributed by atoms with Crippen molar-refractivity contribution < 1.29 is 14.0 Å². The molecule has 4 rings (SSSR count). The molecule has 1 aromatic carbocycles. The van der Waals surface area contributed by atoms with Gasteiger partial charge in [-0.05, 0) is 48.6 Å². The van der Waals surface area contributed by atoms with E-state index >= 15 is 0 Å². The number of benzene rings is 1. The fourth-order valence-electron chi connectivity index (χ4n) is 3.29. The maximum Gasteiger partial charge on any atom is 0.277 e. The first-order valence-electron chi connectivity index (χ1n) is 9.18. The number of fused-ring (bicyclic) bond motifs is 1. The lowest BCUT2D eigenvalue weighted by Gasteiger charge is -2.10. The van der Waals surface area contributed by atoms with Crippen LogP contribution >= 0.6 is 0 Å². The highest BCUT2D eigenvalue weighted by Gasteiger charge is 2.25. The van der Waals surface area contributed by atoms with Crippen molar-refractivity contribution in [3.8, 4) is 12.3 Å². The number of hydrogen-bond donors (Lipinski definition) is 1. The van der Waals surface area contributed by atoms with Gasteiger partial charge in [0.2, 0.25) is 0 Å². The van der Waals surface area contributed by atoms with Crippen molar-refractivity contribution in [2.24, 2.45) is 13.0 Å². The molecule has 5 nitrogen and oxygen atoms in total. The molecular formula is C22H20FN3O2. The van der Waals surface area contributed by atoms with Gasteiger partial charge in [0.1, 0.15) is 11.5 Å². The van der Waals surface area contributed by atoms with Crippen molar-refractivity contribution in [2.45, 2.75) is 19.3 Å². The van der Waals surface area contributed by atoms with Crippen LogP contribution < -0.4 is 5.48 Å². The van der Waals surface area contributed by atoms with Crippen LogP contribution in [0.2, 0.25) is 0 Å². The summed E-state index contributed by atoms with van der Waals surface area (Å²) in [6, 6.07) is 8.28. The molecule has 1 amide bonds. The maximum absolute atomic E-state index is 14.5. The van der Waals surface area contributed by atoms with Crippen molar-refractivity contribution in [3.05, 3.63) is 64.7 Å². The minimum Gasteiger partial charge on any atom is -0.332 e. The molecule has 0 atom stereocenters. The first-order chi connectivity index (χ1) is 13.6. The number of terminal acetylenes is 1. The molecule has 1 fully saturated rings. The molecule has 142 valence electrons. The van der Waals surface area contributed by atoms with Crippen LogP contribution in [0, 0.1) is 24.1 Å². The van der Waals surface area contributed by atoms with Crippen molar-refractivity contribution >= 4 is 16.9 Å². The fraction of sp³-hybridized carbons (Fsp3) is 0.273. The zero-order valence-electron chi connectivity index (χ0n) is 15.5. The van der Waals surface area contributed by atoms with Gasteiger partial charge in [0.15, 0.2) is 0 Å². The zero-order chi connectivity index (χ0) is 19.7. The number of carbonyl (C=O) groups excluding carboxylic acids is 1. The van der Waals surface area contributed by atoms with E-state index in [4.69, 9.17) is 11.3 Å². The third kappa shape index (κ3) is 3.49. The Bertz CT molecular complexity index is 1090. The molecule has 3 aromatic rings. The van der Waals surface area contributed by atoms with Crippen molar-refractivity contribution in [2.75, 3.05) is 6.61 Å². The summed E-state index contributed by atoms with van der Waals surface area (Å²) in [7, 11) is 1.82. The van der Waals surface area contributed by atoms with Crippen LogP contribution in [0.3, 0.4) is 0 Å². The maximum atomic E-state index is 14.5. The number of nitrogens with zero attached hydrogens (tertiary/aromatic N) is 2. The Balaban J connectivity index is 1.71. The van der Waals surface area contributed by atoms with Crippen LogP contribution in [0.15, 0.2) is 36.5 Å². The number of hydroxylamine groups is 1. The highest BCUT2D eigenvalue weighted by molar-refractivity contribution is 6.07. The number of nitrogens with one attached hydrogen (secondary N) is 1. The number of carbonyl (C=O) groups is 1. The first kappa shape index (κ1) is 18.2. The molecule has 0 spiro atoms. The molecule has 2 aromatic heterocycles. The molecular weight excluding hydrogens is 357 g/mol. The predicted molar refractivity (Wildman–Crippen MR) is 104 cm³/mol. The summed E-state index contributed by atoms with van der Waals surface area (Å²) >= 11 is 0.